The first-order valence-corrected chi connectivity index (χ1v) is 9.65. The van der Waals surface area contributed by atoms with E-state index in [4.69, 9.17) is 4.74 Å². The largest absolute Gasteiger partial charge is 0.462 e. The normalized spacial score (nSPS) is 16.0. The van der Waals surface area contributed by atoms with Gasteiger partial charge in [-0.15, -0.1) is 11.3 Å². The van der Waals surface area contributed by atoms with Crippen LogP contribution in [0, 0.1) is 11.7 Å². The highest BCUT2D eigenvalue weighted by molar-refractivity contribution is 7.17. The Hall–Kier alpha value is -2.21. The predicted octanol–water partition coefficient (Wildman–Crippen LogP) is 4.37. The number of hydrogen-bond donors (Lipinski definition) is 1. The Morgan fingerprint density at radius 3 is 2.73 bits per heavy atom. The van der Waals surface area contributed by atoms with Gasteiger partial charge in [0.25, 0.3) is 0 Å². The number of benzene rings is 1. The Bertz CT molecular complexity index is 813. The SMILES string of the molecule is CCOC(=O)c1c(NC(=O)Cc2ccc(F)cc2)sc2c1CC[C@H](C)C2. The zero-order valence-electron chi connectivity index (χ0n) is 14.9. The van der Waals surface area contributed by atoms with Crippen LogP contribution < -0.4 is 5.32 Å². The third-order valence-electron chi connectivity index (χ3n) is 4.52. The molecule has 1 aromatic heterocycles. The van der Waals surface area contributed by atoms with Crippen molar-refractivity contribution in [3.63, 3.8) is 0 Å². The van der Waals surface area contributed by atoms with Crippen LogP contribution in [0.5, 0.6) is 0 Å². The van der Waals surface area contributed by atoms with Gasteiger partial charge in [0.05, 0.1) is 18.6 Å². The molecule has 138 valence electrons. The van der Waals surface area contributed by atoms with E-state index < -0.39 is 0 Å². The second-order valence-corrected chi connectivity index (χ2v) is 7.73. The zero-order chi connectivity index (χ0) is 18.7. The third-order valence-corrected chi connectivity index (χ3v) is 5.69. The van der Waals surface area contributed by atoms with Crippen LogP contribution in [0.2, 0.25) is 0 Å². The topological polar surface area (TPSA) is 55.4 Å². The standard InChI is InChI=1S/C20H22FNO3S/c1-3-25-20(24)18-15-9-4-12(2)10-16(15)26-19(18)22-17(23)11-13-5-7-14(21)8-6-13/h5-8,12H,3-4,9-11H2,1-2H3,(H,22,23)/t12-/m0/s1. The number of ether oxygens (including phenoxy) is 1. The summed E-state index contributed by atoms with van der Waals surface area (Å²) in [5, 5.41) is 3.43. The molecule has 0 saturated heterocycles. The number of halogens is 1. The first-order valence-electron chi connectivity index (χ1n) is 8.83. The molecule has 1 aromatic carbocycles. The minimum Gasteiger partial charge on any atom is -0.462 e. The molecule has 1 aliphatic carbocycles. The van der Waals surface area contributed by atoms with Crippen molar-refractivity contribution < 1.29 is 18.7 Å². The second-order valence-electron chi connectivity index (χ2n) is 6.63. The van der Waals surface area contributed by atoms with Crippen molar-refractivity contribution in [2.24, 2.45) is 5.92 Å². The summed E-state index contributed by atoms with van der Waals surface area (Å²) in [5.74, 6) is -0.372. The van der Waals surface area contributed by atoms with Crippen LogP contribution in [0.25, 0.3) is 0 Å². The fourth-order valence-corrected chi connectivity index (χ4v) is 4.63. The van der Waals surface area contributed by atoms with E-state index in [0.29, 0.717) is 23.1 Å². The van der Waals surface area contributed by atoms with Crippen molar-refractivity contribution in [3.8, 4) is 0 Å². The van der Waals surface area contributed by atoms with Crippen molar-refractivity contribution in [3.05, 3.63) is 51.7 Å². The maximum atomic E-state index is 13.0. The van der Waals surface area contributed by atoms with Gasteiger partial charge >= 0.3 is 5.97 Å². The van der Waals surface area contributed by atoms with Gasteiger partial charge in [0, 0.05) is 4.88 Å². The average Bonchev–Trinajstić information content (AvgIpc) is 2.93. The Morgan fingerprint density at radius 2 is 2.04 bits per heavy atom. The van der Waals surface area contributed by atoms with Gasteiger partial charge in [0.1, 0.15) is 10.8 Å². The van der Waals surface area contributed by atoms with Crippen LogP contribution in [-0.4, -0.2) is 18.5 Å². The molecule has 0 fully saturated rings. The molecule has 0 radical (unpaired) electrons. The molecule has 3 rings (SSSR count). The van der Waals surface area contributed by atoms with E-state index in [1.165, 1.54) is 23.5 Å². The van der Waals surface area contributed by atoms with Crippen LogP contribution >= 0.6 is 11.3 Å². The summed E-state index contributed by atoms with van der Waals surface area (Å²) in [7, 11) is 0. The molecule has 6 heteroatoms. The molecule has 1 N–H and O–H groups in total. The van der Waals surface area contributed by atoms with Crippen LogP contribution in [0.3, 0.4) is 0 Å². The molecular formula is C20H22FNO3S. The number of nitrogens with one attached hydrogen (secondary N) is 1. The van der Waals surface area contributed by atoms with Gasteiger partial charge in [-0.1, -0.05) is 19.1 Å². The number of amides is 1. The number of fused-ring (bicyclic) bond motifs is 1. The van der Waals surface area contributed by atoms with Gasteiger partial charge in [-0.3, -0.25) is 4.79 Å². The Kier molecular flexibility index (Phi) is 5.71. The maximum Gasteiger partial charge on any atom is 0.341 e. The predicted molar refractivity (Wildman–Crippen MR) is 100 cm³/mol. The van der Waals surface area contributed by atoms with E-state index in [1.54, 1.807) is 19.1 Å². The highest BCUT2D eigenvalue weighted by Crippen LogP contribution is 2.40. The van der Waals surface area contributed by atoms with Crippen molar-refractivity contribution in [1.82, 2.24) is 0 Å². The zero-order valence-corrected chi connectivity index (χ0v) is 15.7. The van der Waals surface area contributed by atoms with Crippen LogP contribution in [0.4, 0.5) is 9.39 Å². The quantitative estimate of drug-likeness (QED) is 0.790. The third kappa shape index (κ3) is 4.12. The van der Waals surface area contributed by atoms with Crippen LogP contribution in [0.15, 0.2) is 24.3 Å². The molecule has 1 heterocycles. The number of hydrogen-bond acceptors (Lipinski definition) is 4. The summed E-state index contributed by atoms with van der Waals surface area (Å²) in [6.07, 6.45) is 2.90. The number of esters is 1. The summed E-state index contributed by atoms with van der Waals surface area (Å²) in [5.41, 5.74) is 2.24. The Morgan fingerprint density at radius 1 is 1.31 bits per heavy atom. The van der Waals surface area contributed by atoms with Gasteiger partial charge in [-0.2, -0.15) is 0 Å². The summed E-state index contributed by atoms with van der Waals surface area (Å²) < 4.78 is 18.2. The van der Waals surface area contributed by atoms with E-state index in [2.05, 4.69) is 12.2 Å². The number of carbonyl (C=O) groups excluding carboxylic acids is 2. The number of carbonyl (C=O) groups is 2. The fourth-order valence-electron chi connectivity index (χ4n) is 3.22. The molecule has 2 aromatic rings. The highest BCUT2D eigenvalue weighted by Gasteiger charge is 2.29. The van der Waals surface area contributed by atoms with E-state index in [9.17, 15) is 14.0 Å². The molecule has 26 heavy (non-hydrogen) atoms. The van der Waals surface area contributed by atoms with E-state index in [0.717, 1.165) is 35.3 Å². The minimum absolute atomic E-state index is 0.127. The molecule has 4 nitrogen and oxygen atoms in total. The van der Waals surface area contributed by atoms with Gasteiger partial charge in [-0.05, 0) is 55.4 Å². The smallest absolute Gasteiger partial charge is 0.341 e. The second kappa shape index (κ2) is 7.99. The van der Waals surface area contributed by atoms with Gasteiger partial charge in [0.15, 0.2) is 0 Å². The van der Waals surface area contributed by atoms with E-state index in [-0.39, 0.29) is 24.1 Å². The van der Waals surface area contributed by atoms with E-state index in [1.807, 2.05) is 0 Å². The molecule has 0 spiro atoms. The molecule has 1 atom stereocenters. The molecule has 1 aliphatic rings. The molecule has 0 saturated carbocycles. The lowest BCUT2D eigenvalue weighted by Gasteiger charge is -2.18. The van der Waals surface area contributed by atoms with Crippen molar-refractivity contribution >= 4 is 28.2 Å². The van der Waals surface area contributed by atoms with Crippen molar-refractivity contribution in [1.29, 1.82) is 0 Å². The molecule has 1 amide bonds. The lowest BCUT2D eigenvalue weighted by molar-refractivity contribution is -0.115. The lowest BCUT2D eigenvalue weighted by atomic mass is 9.88. The summed E-state index contributed by atoms with van der Waals surface area (Å²) in [6.45, 7) is 4.26. The lowest BCUT2D eigenvalue weighted by Crippen LogP contribution is -2.17. The molecule has 0 bridgehead atoms. The molecule has 0 unspecified atom stereocenters. The number of thiophene rings is 1. The van der Waals surface area contributed by atoms with Gasteiger partial charge in [0.2, 0.25) is 5.91 Å². The van der Waals surface area contributed by atoms with Crippen molar-refractivity contribution in [2.45, 2.75) is 39.5 Å². The Labute approximate surface area is 156 Å². The van der Waals surface area contributed by atoms with Gasteiger partial charge < -0.3 is 10.1 Å². The summed E-state index contributed by atoms with van der Waals surface area (Å²) in [4.78, 5) is 26.0. The van der Waals surface area contributed by atoms with Crippen molar-refractivity contribution in [2.75, 3.05) is 11.9 Å². The van der Waals surface area contributed by atoms with Crippen LogP contribution in [0.1, 0.15) is 46.6 Å². The van der Waals surface area contributed by atoms with E-state index >= 15 is 0 Å². The number of rotatable bonds is 5. The van der Waals surface area contributed by atoms with Crippen LogP contribution in [-0.2, 0) is 28.8 Å². The Balaban J connectivity index is 1.82. The maximum absolute atomic E-state index is 13.0. The fraction of sp³-hybridized carbons (Fsp3) is 0.400. The van der Waals surface area contributed by atoms with Gasteiger partial charge in [-0.25, -0.2) is 9.18 Å². The minimum atomic E-state index is -0.378. The molecular weight excluding hydrogens is 353 g/mol. The first-order chi connectivity index (χ1) is 12.5. The molecule has 0 aliphatic heterocycles. The highest BCUT2D eigenvalue weighted by atomic mass is 32.1. The summed E-state index contributed by atoms with van der Waals surface area (Å²) >= 11 is 1.47. The number of anilines is 1. The summed E-state index contributed by atoms with van der Waals surface area (Å²) in [6, 6.07) is 5.83. The first kappa shape index (κ1) is 18.6. The average molecular weight is 375 g/mol. The monoisotopic (exact) mass is 375 g/mol.